The number of thiazole rings is 1. The summed E-state index contributed by atoms with van der Waals surface area (Å²) in [5.41, 5.74) is 3.31. The van der Waals surface area contributed by atoms with E-state index in [4.69, 9.17) is 4.74 Å². The Kier molecular flexibility index (Phi) is 5.48. The second-order valence-electron chi connectivity index (χ2n) is 6.18. The molecule has 0 spiro atoms. The summed E-state index contributed by atoms with van der Waals surface area (Å²) in [5.74, 6) is -0.509. The van der Waals surface area contributed by atoms with Gasteiger partial charge in [0.2, 0.25) is 0 Å². The van der Waals surface area contributed by atoms with E-state index in [1.807, 2.05) is 18.4 Å². The van der Waals surface area contributed by atoms with E-state index in [2.05, 4.69) is 17.1 Å². The third kappa shape index (κ3) is 3.96. The van der Waals surface area contributed by atoms with E-state index >= 15 is 0 Å². The summed E-state index contributed by atoms with van der Waals surface area (Å²) in [6.07, 6.45) is 0. The van der Waals surface area contributed by atoms with Gasteiger partial charge in [0.25, 0.3) is 11.6 Å². The molecule has 0 fully saturated rings. The van der Waals surface area contributed by atoms with Crippen molar-refractivity contribution >= 4 is 33.1 Å². The van der Waals surface area contributed by atoms with Crippen LogP contribution in [0.1, 0.15) is 21.5 Å². The molecular formula is C19H19N3O4S. The van der Waals surface area contributed by atoms with Crippen LogP contribution in [0, 0.1) is 24.0 Å². The van der Waals surface area contributed by atoms with Gasteiger partial charge in [0.15, 0.2) is 4.80 Å². The van der Waals surface area contributed by atoms with Crippen LogP contribution >= 0.6 is 11.3 Å². The molecule has 3 aromatic rings. The average molecular weight is 385 g/mol. The van der Waals surface area contributed by atoms with Crippen LogP contribution < -0.4 is 4.80 Å². The molecule has 1 aromatic heterocycles. The molecule has 0 saturated carbocycles. The minimum Gasteiger partial charge on any atom is -0.383 e. The molecule has 7 nitrogen and oxygen atoms in total. The third-order valence-electron chi connectivity index (χ3n) is 4.13. The highest BCUT2D eigenvalue weighted by molar-refractivity contribution is 7.16. The number of aromatic nitrogens is 1. The Bertz CT molecular complexity index is 1100. The first-order valence-electron chi connectivity index (χ1n) is 8.33. The second kappa shape index (κ2) is 7.81. The number of amides is 1. The topological polar surface area (TPSA) is 86.7 Å². The Labute approximate surface area is 159 Å². The van der Waals surface area contributed by atoms with Gasteiger partial charge in [0, 0.05) is 31.4 Å². The molecule has 0 bridgehead atoms. The van der Waals surface area contributed by atoms with Gasteiger partial charge >= 0.3 is 0 Å². The smallest absolute Gasteiger partial charge is 0.279 e. The Balaban J connectivity index is 2.14. The number of benzene rings is 2. The fraction of sp³-hybridized carbons (Fsp3) is 0.263. The van der Waals surface area contributed by atoms with E-state index in [1.165, 1.54) is 35.6 Å². The number of non-ortho nitro benzene ring substituents is 1. The molecular weight excluding hydrogens is 366 g/mol. The second-order valence-corrected chi connectivity index (χ2v) is 7.19. The lowest BCUT2D eigenvalue weighted by molar-refractivity contribution is -0.384. The normalized spacial score (nSPS) is 11.9. The number of hydrogen-bond acceptors (Lipinski definition) is 5. The highest BCUT2D eigenvalue weighted by atomic mass is 32.1. The van der Waals surface area contributed by atoms with Crippen LogP contribution in [0.15, 0.2) is 41.4 Å². The van der Waals surface area contributed by atoms with Crippen LogP contribution in [0.4, 0.5) is 5.69 Å². The zero-order chi connectivity index (χ0) is 19.6. The number of aryl methyl sites for hydroxylation is 2. The molecule has 0 N–H and O–H groups in total. The van der Waals surface area contributed by atoms with Crippen LogP contribution in [0.25, 0.3) is 10.2 Å². The number of methoxy groups -OCH3 is 1. The number of nitrogens with zero attached hydrogens (tertiary/aromatic N) is 3. The summed E-state index contributed by atoms with van der Waals surface area (Å²) in [7, 11) is 1.62. The van der Waals surface area contributed by atoms with Gasteiger partial charge < -0.3 is 9.30 Å². The molecule has 2 aromatic carbocycles. The van der Waals surface area contributed by atoms with Crippen LogP contribution in [-0.2, 0) is 11.3 Å². The molecule has 0 aliphatic heterocycles. The predicted octanol–water partition coefficient (Wildman–Crippen LogP) is 3.62. The lowest BCUT2D eigenvalue weighted by Crippen LogP contribution is -2.19. The number of nitro benzene ring substituents is 1. The van der Waals surface area contributed by atoms with Crippen LogP contribution in [0.5, 0.6) is 0 Å². The van der Waals surface area contributed by atoms with Crippen molar-refractivity contribution in [2.24, 2.45) is 4.99 Å². The first kappa shape index (κ1) is 18.9. The van der Waals surface area contributed by atoms with Crippen molar-refractivity contribution in [2.75, 3.05) is 13.7 Å². The monoisotopic (exact) mass is 385 g/mol. The molecule has 3 rings (SSSR count). The van der Waals surface area contributed by atoms with Gasteiger partial charge in [-0.15, -0.1) is 0 Å². The van der Waals surface area contributed by atoms with E-state index in [0.717, 1.165) is 21.3 Å². The number of hydrogen-bond donors (Lipinski definition) is 0. The summed E-state index contributed by atoms with van der Waals surface area (Å²) < 4.78 is 8.20. The molecule has 0 aliphatic carbocycles. The molecule has 0 radical (unpaired) electrons. The first-order chi connectivity index (χ1) is 12.9. The average Bonchev–Trinajstić information content (AvgIpc) is 2.97. The van der Waals surface area contributed by atoms with Gasteiger partial charge in [0.1, 0.15) is 0 Å². The standard InChI is InChI=1S/C19H19N3O4S/c1-12-9-13(2)17-16(10-12)27-19(21(17)7-8-26-3)20-18(23)14-5-4-6-15(11-14)22(24)25/h4-6,9-11H,7-8H2,1-3H3. The predicted molar refractivity (Wildman–Crippen MR) is 104 cm³/mol. The van der Waals surface area contributed by atoms with E-state index in [-0.39, 0.29) is 11.3 Å². The first-order valence-corrected chi connectivity index (χ1v) is 9.15. The number of ether oxygens (including phenoxy) is 1. The summed E-state index contributed by atoms with van der Waals surface area (Å²) >= 11 is 1.42. The molecule has 140 valence electrons. The molecule has 8 heteroatoms. The van der Waals surface area contributed by atoms with Crippen molar-refractivity contribution in [3.8, 4) is 0 Å². The number of fused-ring (bicyclic) bond motifs is 1. The van der Waals surface area contributed by atoms with E-state index in [9.17, 15) is 14.9 Å². The van der Waals surface area contributed by atoms with Crippen molar-refractivity contribution in [3.63, 3.8) is 0 Å². The van der Waals surface area contributed by atoms with E-state index in [0.29, 0.717) is 18.0 Å². The highest BCUT2D eigenvalue weighted by Gasteiger charge is 2.14. The lowest BCUT2D eigenvalue weighted by Gasteiger charge is -2.07. The van der Waals surface area contributed by atoms with Crippen LogP contribution in [0.2, 0.25) is 0 Å². The van der Waals surface area contributed by atoms with E-state index in [1.54, 1.807) is 7.11 Å². The Morgan fingerprint density at radius 1 is 1.30 bits per heavy atom. The van der Waals surface area contributed by atoms with Gasteiger partial charge in [-0.25, -0.2) is 0 Å². The third-order valence-corrected chi connectivity index (χ3v) is 5.16. The van der Waals surface area contributed by atoms with Gasteiger partial charge in [-0.2, -0.15) is 4.99 Å². The summed E-state index contributed by atoms with van der Waals surface area (Å²) in [4.78, 5) is 27.8. The molecule has 0 saturated heterocycles. The fourth-order valence-corrected chi connectivity index (χ4v) is 4.20. The number of carbonyl (C=O) groups excluding carboxylic acids is 1. The maximum atomic E-state index is 12.6. The SMILES string of the molecule is COCCn1c(=NC(=O)c2cccc([N+](=O)[O-])c2)sc2cc(C)cc(C)c21. The lowest BCUT2D eigenvalue weighted by atomic mass is 10.1. The Morgan fingerprint density at radius 3 is 2.78 bits per heavy atom. The minimum atomic E-state index is -0.527. The van der Waals surface area contributed by atoms with Crippen molar-refractivity contribution < 1.29 is 14.5 Å². The van der Waals surface area contributed by atoms with Crippen LogP contribution in [0.3, 0.4) is 0 Å². The zero-order valence-electron chi connectivity index (χ0n) is 15.3. The Morgan fingerprint density at radius 2 is 2.07 bits per heavy atom. The Hall–Kier alpha value is -2.84. The van der Waals surface area contributed by atoms with Crippen molar-refractivity contribution in [1.29, 1.82) is 0 Å². The molecule has 27 heavy (non-hydrogen) atoms. The quantitative estimate of drug-likeness (QED) is 0.496. The van der Waals surface area contributed by atoms with Gasteiger partial charge in [-0.1, -0.05) is 23.5 Å². The maximum absolute atomic E-state index is 12.6. The molecule has 1 heterocycles. The number of carbonyl (C=O) groups is 1. The highest BCUT2D eigenvalue weighted by Crippen LogP contribution is 2.23. The molecule has 0 atom stereocenters. The molecule has 0 aliphatic rings. The van der Waals surface area contributed by atoms with Crippen molar-refractivity contribution in [1.82, 2.24) is 4.57 Å². The van der Waals surface area contributed by atoms with E-state index < -0.39 is 10.8 Å². The molecule has 0 unspecified atom stereocenters. The zero-order valence-corrected chi connectivity index (χ0v) is 16.1. The minimum absolute atomic E-state index is 0.133. The largest absolute Gasteiger partial charge is 0.383 e. The number of nitro groups is 1. The fourth-order valence-electron chi connectivity index (χ4n) is 2.97. The van der Waals surface area contributed by atoms with Crippen molar-refractivity contribution in [3.05, 3.63) is 68.0 Å². The van der Waals surface area contributed by atoms with Gasteiger partial charge in [0.05, 0.1) is 21.7 Å². The maximum Gasteiger partial charge on any atom is 0.279 e. The molecule has 1 amide bonds. The van der Waals surface area contributed by atoms with Crippen molar-refractivity contribution in [2.45, 2.75) is 20.4 Å². The summed E-state index contributed by atoms with van der Waals surface area (Å²) in [6, 6.07) is 9.76. The summed E-state index contributed by atoms with van der Waals surface area (Å²) in [6.45, 7) is 5.09. The van der Waals surface area contributed by atoms with Crippen LogP contribution in [-0.4, -0.2) is 29.1 Å². The number of rotatable bonds is 5. The van der Waals surface area contributed by atoms with Gasteiger partial charge in [-0.3, -0.25) is 14.9 Å². The van der Waals surface area contributed by atoms with Gasteiger partial charge in [-0.05, 0) is 37.1 Å². The summed E-state index contributed by atoms with van der Waals surface area (Å²) in [5, 5.41) is 10.9.